The third-order valence-corrected chi connectivity index (χ3v) is 3.76. The molecule has 1 aliphatic heterocycles. The molecule has 3 rings (SSSR count). The molecule has 1 aliphatic carbocycles. The van der Waals surface area contributed by atoms with Crippen LogP contribution < -0.4 is 5.73 Å². The average molecular weight is 231 g/mol. The van der Waals surface area contributed by atoms with Crippen molar-refractivity contribution in [3.05, 3.63) is 30.1 Å². The normalized spacial score (nSPS) is 28.8. The SMILES string of the molecule is NC[C@@H]1CC(=O)N(C2CC2)[C@H]1c1ccncc1. The monoisotopic (exact) mass is 231 g/mol. The fourth-order valence-corrected chi connectivity index (χ4v) is 2.81. The minimum atomic E-state index is 0.169. The van der Waals surface area contributed by atoms with E-state index in [0.29, 0.717) is 19.0 Å². The zero-order chi connectivity index (χ0) is 11.8. The highest BCUT2D eigenvalue weighted by Gasteiger charge is 2.46. The smallest absolute Gasteiger partial charge is 0.223 e. The Balaban J connectivity index is 1.94. The van der Waals surface area contributed by atoms with E-state index >= 15 is 0 Å². The van der Waals surface area contributed by atoms with Crippen molar-refractivity contribution in [3.63, 3.8) is 0 Å². The van der Waals surface area contributed by atoms with Crippen LogP contribution in [0.2, 0.25) is 0 Å². The number of amides is 1. The van der Waals surface area contributed by atoms with Gasteiger partial charge in [0, 0.05) is 30.8 Å². The number of hydrogen-bond acceptors (Lipinski definition) is 3. The lowest BCUT2D eigenvalue weighted by Gasteiger charge is -2.28. The van der Waals surface area contributed by atoms with Gasteiger partial charge in [-0.25, -0.2) is 0 Å². The molecule has 1 aromatic heterocycles. The Morgan fingerprint density at radius 2 is 2.06 bits per heavy atom. The molecule has 4 nitrogen and oxygen atoms in total. The van der Waals surface area contributed by atoms with E-state index in [4.69, 9.17) is 5.73 Å². The summed E-state index contributed by atoms with van der Waals surface area (Å²) >= 11 is 0. The van der Waals surface area contributed by atoms with Crippen LogP contribution in [0.4, 0.5) is 0 Å². The van der Waals surface area contributed by atoms with Gasteiger partial charge in [-0.2, -0.15) is 0 Å². The molecule has 1 saturated heterocycles. The molecule has 17 heavy (non-hydrogen) atoms. The van der Waals surface area contributed by atoms with E-state index in [2.05, 4.69) is 9.88 Å². The fourth-order valence-electron chi connectivity index (χ4n) is 2.81. The van der Waals surface area contributed by atoms with E-state index < -0.39 is 0 Å². The summed E-state index contributed by atoms with van der Waals surface area (Å²) in [6, 6.07) is 4.63. The molecule has 2 atom stereocenters. The topological polar surface area (TPSA) is 59.2 Å². The summed E-state index contributed by atoms with van der Waals surface area (Å²) in [7, 11) is 0. The molecule has 2 heterocycles. The zero-order valence-corrected chi connectivity index (χ0v) is 9.75. The summed E-state index contributed by atoms with van der Waals surface area (Å²) in [6.45, 7) is 0.571. The molecule has 1 saturated carbocycles. The van der Waals surface area contributed by atoms with Crippen LogP contribution in [0, 0.1) is 5.92 Å². The number of pyridine rings is 1. The van der Waals surface area contributed by atoms with Crippen LogP contribution in [0.1, 0.15) is 30.9 Å². The molecule has 2 aliphatic rings. The summed E-state index contributed by atoms with van der Waals surface area (Å²) in [5, 5.41) is 0. The van der Waals surface area contributed by atoms with Crippen molar-refractivity contribution < 1.29 is 4.79 Å². The number of aromatic nitrogens is 1. The van der Waals surface area contributed by atoms with Crippen LogP contribution in [0.3, 0.4) is 0 Å². The van der Waals surface area contributed by atoms with E-state index in [1.165, 1.54) is 5.56 Å². The van der Waals surface area contributed by atoms with Crippen molar-refractivity contribution in [1.29, 1.82) is 0 Å². The molecule has 0 spiro atoms. The first-order chi connectivity index (χ1) is 8.31. The second-order valence-electron chi connectivity index (χ2n) is 4.96. The van der Waals surface area contributed by atoms with Gasteiger partial charge in [-0.05, 0) is 37.1 Å². The highest BCUT2D eigenvalue weighted by Crippen LogP contribution is 2.44. The maximum Gasteiger partial charge on any atom is 0.223 e. The Morgan fingerprint density at radius 1 is 1.35 bits per heavy atom. The number of carbonyl (C=O) groups is 1. The quantitative estimate of drug-likeness (QED) is 0.847. The number of likely N-dealkylation sites (tertiary alicyclic amines) is 1. The molecule has 2 fully saturated rings. The van der Waals surface area contributed by atoms with Crippen molar-refractivity contribution >= 4 is 5.91 Å². The van der Waals surface area contributed by atoms with Crippen molar-refractivity contribution in [1.82, 2.24) is 9.88 Å². The minimum absolute atomic E-state index is 0.169. The van der Waals surface area contributed by atoms with Crippen LogP contribution in [0.15, 0.2) is 24.5 Å². The Bertz CT molecular complexity index is 416. The summed E-state index contributed by atoms with van der Waals surface area (Å²) in [5.74, 6) is 0.523. The third-order valence-electron chi connectivity index (χ3n) is 3.76. The van der Waals surface area contributed by atoms with Crippen molar-refractivity contribution in [3.8, 4) is 0 Å². The summed E-state index contributed by atoms with van der Waals surface area (Å²) in [5.41, 5.74) is 6.99. The van der Waals surface area contributed by atoms with E-state index in [-0.39, 0.29) is 17.9 Å². The predicted molar refractivity (Wildman–Crippen MR) is 64.0 cm³/mol. The van der Waals surface area contributed by atoms with Crippen molar-refractivity contribution in [2.75, 3.05) is 6.54 Å². The van der Waals surface area contributed by atoms with Crippen molar-refractivity contribution in [2.24, 2.45) is 11.7 Å². The summed E-state index contributed by atoms with van der Waals surface area (Å²) < 4.78 is 0. The van der Waals surface area contributed by atoms with Gasteiger partial charge < -0.3 is 10.6 Å². The van der Waals surface area contributed by atoms with Gasteiger partial charge in [0.25, 0.3) is 0 Å². The number of nitrogens with two attached hydrogens (primary N) is 1. The lowest BCUT2D eigenvalue weighted by atomic mass is 9.94. The van der Waals surface area contributed by atoms with Crippen LogP contribution in [0.25, 0.3) is 0 Å². The van der Waals surface area contributed by atoms with E-state index in [0.717, 1.165) is 12.8 Å². The summed E-state index contributed by atoms with van der Waals surface area (Å²) in [4.78, 5) is 18.2. The Labute approximate surface area is 101 Å². The largest absolute Gasteiger partial charge is 0.332 e. The Hall–Kier alpha value is -1.42. The molecule has 0 unspecified atom stereocenters. The highest BCUT2D eigenvalue weighted by atomic mass is 16.2. The van der Waals surface area contributed by atoms with Gasteiger partial charge in [0.1, 0.15) is 0 Å². The van der Waals surface area contributed by atoms with Gasteiger partial charge in [0.15, 0.2) is 0 Å². The highest BCUT2D eigenvalue weighted by molar-refractivity contribution is 5.80. The fraction of sp³-hybridized carbons (Fsp3) is 0.538. The number of carbonyl (C=O) groups excluding carboxylic acids is 1. The minimum Gasteiger partial charge on any atom is -0.332 e. The molecule has 2 N–H and O–H groups in total. The first-order valence-corrected chi connectivity index (χ1v) is 6.22. The second kappa shape index (κ2) is 4.11. The Morgan fingerprint density at radius 3 is 2.65 bits per heavy atom. The lowest BCUT2D eigenvalue weighted by Crippen LogP contribution is -2.32. The van der Waals surface area contributed by atoms with Gasteiger partial charge >= 0.3 is 0 Å². The van der Waals surface area contributed by atoms with E-state index in [9.17, 15) is 4.79 Å². The molecule has 1 aromatic rings. The lowest BCUT2D eigenvalue weighted by molar-refractivity contribution is -0.129. The molecule has 0 aromatic carbocycles. The molecule has 90 valence electrons. The third kappa shape index (κ3) is 1.82. The van der Waals surface area contributed by atoms with Crippen LogP contribution >= 0.6 is 0 Å². The van der Waals surface area contributed by atoms with Crippen LogP contribution in [-0.4, -0.2) is 28.4 Å². The van der Waals surface area contributed by atoms with E-state index in [1.807, 2.05) is 12.1 Å². The molecular weight excluding hydrogens is 214 g/mol. The van der Waals surface area contributed by atoms with Gasteiger partial charge in [0.2, 0.25) is 5.91 Å². The van der Waals surface area contributed by atoms with Gasteiger partial charge in [-0.15, -0.1) is 0 Å². The number of nitrogens with zero attached hydrogens (tertiary/aromatic N) is 2. The van der Waals surface area contributed by atoms with Crippen molar-refractivity contribution in [2.45, 2.75) is 31.3 Å². The number of hydrogen-bond donors (Lipinski definition) is 1. The molecule has 0 bridgehead atoms. The Kier molecular flexibility index (Phi) is 2.59. The maximum absolute atomic E-state index is 12.1. The first-order valence-electron chi connectivity index (χ1n) is 6.22. The van der Waals surface area contributed by atoms with E-state index in [1.54, 1.807) is 12.4 Å². The molecular formula is C13H17N3O. The molecule has 1 amide bonds. The first kappa shape index (κ1) is 10.7. The van der Waals surface area contributed by atoms with Crippen LogP contribution in [0.5, 0.6) is 0 Å². The standard InChI is InChI=1S/C13H17N3O/c14-8-10-7-12(17)16(11-1-2-11)13(10)9-3-5-15-6-4-9/h3-6,10-11,13H,1-2,7-8,14H2/t10-,13-/m0/s1. The van der Waals surface area contributed by atoms with Gasteiger partial charge in [-0.1, -0.05) is 0 Å². The zero-order valence-electron chi connectivity index (χ0n) is 9.75. The molecule has 4 heteroatoms. The van der Waals surface area contributed by atoms with Gasteiger partial charge in [0.05, 0.1) is 6.04 Å². The number of rotatable bonds is 3. The average Bonchev–Trinajstić information content (AvgIpc) is 3.14. The van der Waals surface area contributed by atoms with Crippen LogP contribution in [-0.2, 0) is 4.79 Å². The second-order valence-corrected chi connectivity index (χ2v) is 4.96. The predicted octanol–water partition coefficient (Wildman–Crippen LogP) is 1.09. The summed E-state index contributed by atoms with van der Waals surface area (Å²) in [6.07, 6.45) is 6.46. The van der Waals surface area contributed by atoms with Gasteiger partial charge in [-0.3, -0.25) is 9.78 Å². The maximum atomic E-state index is 12.1. The molecule has 0 radical (unpaired) electrons.